The maximum Gasteiger partial charge on any atom is 0.387 e. The second-order valence-corrected chi connectivity index (χ2v) is 10.4. The van der Waals surface area contributed by atoms with E-state index in [9.17, 15) is 18.4 Å². The van der Waals surface area contributed by atoms with Crippen molar-refractivity contribution in [1.82, 2.24) is 9.47 Å². The Labute approximate surface area is 218 Å². The standard InChI is InChI=1S/C26H28Cl2F2N2O4/c1-14-9-17(36-26(29)30)13-22-19(14)11-16(31(22)2)12-20-21(27)4-3-18(24(20)28)25(35)32-7-5-15(6-8-32)10-23(33)34/h3-4,9,11,13,15,20,24,26H,5-8,10,12H2,1-2H3,(H,33,34). The number of fused-ring (bicyclic) bond motifs is 1. The fourth-order valence-corrected chi connectivity index (χ4v) is 5.85. The van der Waals surface area contributed by atoms with E-state index < -0.39 is 18.0 Å². The zero-order chi connectivity index (χ0) is 26.1. The van der Waals surface area contributed by atoms with Crippen LogP contribution in [0.2, 0.25) is 0 Å². The number of nitrogens with zero attached hydrogens (tertiary/aromatic N) is 2. The number of piperidine rings is 1. The molecule has 2 atom stereocenters. The highest BCUT2D eigenvalue weighted by Gasteiger charge is 2.35. The van der Waals surface area contributed by atoms with E-state index in [1.165, 1.54) is 0 Å². The Balaban J connectivity index is 1.51. The molecule has 4 rings (SSSR count). The van der Waals surface area contributed by atoms with Crippen LogP contribution in [0.3, 0.4) is 0 Å². The van der Waals surface area contributed by atoms with Crippen LogP contribution in [0.1, 0.15) is 30.5 Å². The van der Waals surface area contributed by atoms with Crippen LogP contribution >= 0.6 is 23.2 Å². The average molecular weight is 541 g/mol. The quantitative estimate of drug-likeness (QED) is 0.462. The van der Waals surface area contributed by atoms with Crippen LogP contribution in [0.4, 0.5) is 8.78 Å². The number of ether oxygens (including phenoxy) is 1. The number of halogens is 4. The summed E-state index contributed by atoms with van der Waals surface area (Å²) in [5.41, 5.74) is 2.91. The van der Waals surface area contributed by atoms with E-state index in [0.29, 0.717) is 43.0 Å². The number of carbonyl (C=O) groups is 2. The van der Waals surface area contributed by atoms with Gasteiger partial charge in [0.15, 0.2) is 0 Å². The lowest BCUT2D eigenvalue weighted by Gasteiger charge is -2.34. The second-order valence-electron chi connectivity index (χ2n) is 9.47. The minimum Gasteiger partial charge on any atom is -0.481 e. The van der Waals surface area contributed by atoms with Gasteiger partial charge in [0.05, 0.1) is 10.9 Å². The summed E-state index contributed by atoms with van der Waals surface area (Å²) in [6.07, 6.45) is 5.23. The Morgan fingerprint density at radius 1 is 1.19 bits per heavy atom. The number of likely N-dealkylation sites (tertiary alicyclic amines) is 1. The fourth-order valence-electron chi connectivity index (χ4n) is 5.12. The van der Waals surface area contributed by atoms with Crippen LogP contribution in [-0.2, 0) is 23.1 Å². The molecule has 1 aromatic heterocycles. The van der Waals surface area contributed by atoms with Crippen molar-refractivity contribution in [2.75, 3.05) is 13.1 Å². The molecule has 0 radical (unpaired) electrons. The van der Waals surface area contributed by atoms with Crippen molar-refractivity contribution in [2.45, 2.75) is 44.6 Å². The molecule has 1 fully saturated rings. The zero-order valence-corrected chi connectivity index (χ0v) is 21.5. The Morgan fingerprint density at radius 3 is 2.53 bits per heavy atom. The fraction of sp³-hybridized carbons (Fsp3) is 0.462. The topological polar surface area (TPSA) is 71.8 Å². The van der Waals surface area contributed by atoms with Crippen molar-refractivity contribution in [1.29, 1.82) is 0 Å². The summed E-state index contributed by atoms with van der Waals surface area (Å²) < 4.78 is 32.0. The highest BCUT2D eigenvalue weighted by molar-refractivity contribution is 6.33. The van der Waals surface area contributed by atoms with Crippen molar-refractivity contribution < 1.29 is 28.2 Å². The predicted molar refractivity (Wildman–Crippen MR) is 135 cm³/mol. The van der Waals surface area contributed by atoms with Crippen LogP contribution in [-0.4, -0.2) is 51.5 Å². The highest BCUT2D eigenvalue weighted by atomic mass is 35.5. The molecule has 1 aromatic carbocycles. The van der Waals surface area contributed by atoms with Crippen molar-refractivity contribution in [2.24, 2.45) is 18.9 Å². The SMILES string of the molecule is Cc1cc(OC(F)F)cc2c1cc(CC1C(Cl)=CC=C(C(=O)N3CCC(CC(=O)O)CC3)C1Cl)n2C. The van der Waals surface area contributed by atoms with Gasteiger partial charge in [-0.1, -0.05) is 17.7 Å². The summed E-state index contributed by atoms with van der Waals surface area (Å²) in [4.78, 5) is 26.0. The lowest BCUT2D eigenvalue weighted by atomic mass is 9.87. The third-order valence-corrected chi connectivity index (χ3v) is 8.08. The average Bonchev–Trinajstić information content (AvgIpc) is 3.12. The lowest BCUT2D eigenvalue weighted by molar-refractivity contribution is -0.138. The number of hydrogen-bond acceptors (Lipinski definition) is 3. The first-order valence-electron chi connectivity index (χ1n) is 11.8. The Hall–Kier alpha value is -2.58. The van der Waals surface area contributed by atoms with Crippen molar-refractivity contribution in [3.05, 3.63) is 52.2 Å². The molecule has 2 heterocycles. The molecule has 1 aliphatic carbocycles. The maximum absolute atomic E-state index is 13.3. The maximum atomic E-state index is 13.3. The van der Waals surface area contributed by atoms with Crippen LogP contribution < -0.4 is 4.74 Å². The summed E-state index contributed by atoms with van der Waals surface area (Å²) in [6, 6.07) is 5.14. The molecule has 1 N–H and O–H groups in total. The molecule has 2 unspecified atom stereocenters. The van der Waals surface area contributed by atoms with E-state index in [4.69, 9.17) is 28.3 Å². The van der Waals surface area contributed by atoms with E-state index in [2.05, 4.69) is 4.74 Å². The minimum atomic E-state index is -2.91. The van der Waals surface area contributed by atoms with Gasteiger partial charge >= 0.3 is 12.6 Å². The smallest absolute Gasteiger partial charge is 0.387 e. The van der Waals surface area contributed by atoms with Gasteiger partial charge in [-0.3, -0.25) is 9.59 Å². The summed E-state index contributed by atoms with van der Waals surface area (Å²) in [7, 11) is 1.84. The Morgan fingerprint density at radius 2 is 1.89 bits per heavy atom. The van der Waals surface area contributed by atoms with E-state index in [0.717, 1.165) is 22.2 Å². The van der Waals surface area contributed by atoms with Crippen LogP contribution in [0.5, 0.6) is 5.75 Å². The first kappa shape index (κ1) is 26.5. The van der Waals surface area contributed by atoms with Gasteiger partial charge in [0.2, 0.25) is 0 Å². The lowest BCUT2D eigenvalue weighted by Crippen LogP contribution is -2.42. The number of carboxylic acids is 1. The van der Waals surface area contributed by atoms with E-state index in [1.807, 2.05) is 24.6 Å². The molecule has 0 spiro atoms. The Kier molecular flexibility index (Phi) is 7.95. The van der Waals surface area contributed by atoms with Gasteiger partial charge in [-0.05, 0) is 55.9 Å². The van der Waals surface area contributed by atoms with Crippen LogP contribution in [0.15, 0.2) is 41.0 Å². The molecule has 36 heavy (non-hydrogen) atoms. The number of hydrogen-bond donors (Lipinski definition) is 1. The number of allylic oxidation sites excluding steroid dienone is 3. The van der Waals surface area contributed by atoms with Gasteiger partial charge in [-0.15, -0.1) is 11.6 Å². The number of carbonyl (C=O) groups excluding carboxylic acids is 1. The second kappa shape index (κ2) is 10.8. The molecule has 1 aliphatic heterocycles. The number of aliphatic carboxylic acids is 1. The number of benzene rings is 1. The van der Waals surface area contributed by atoms with Gasteiger partial charge < -0.3 is 19.3 Å². The van der Waals surface area contributed by atoms with Crippen LogP contribution in [0, 0.1) is 18.8 Å². The molecule has 10 heteroatoms. The monoisotopic (exact) mass is 540 g/mol. The number of aryl methyl sites for hydroxylation is 2. The Bertz CT molecular complexity index is 1230. The van der Waals surface area contributed by atoms with E-state index >= 15 is 0 Å². The first-order valence-corrected chi connectivity index (χ1v) is 12.6. The molecule has 2 aromatic rings. The number of rotatable bonds is 7. The molecule has 194 valence electrons. The molecular weight excluding hydrogens is 513 g/mol. The van der Waals surface area contributed by atoms with Crippen molar-refractivity contribution >= 4 is 46.0 Å². The van der Waals surface area contributed by atoms with Gasteiger partial charge in [0.1, 0.15) is 5.75 Å². The van der Waals surface area contributed by atoms with E-state index in [-0.39, 0.29) is 29.9 Å². The summed E-state index contributed by atoms with van der Waals surface area (Å²) in [5.74, 6) is -1.16. The number of amides is 1. The molecule has 2 aliphatic rings. The molecule has 0 saturated carbocycles. The number of alkyl halides is 3. The van der Waals surface area contributed by atoms with Gasteiger partial charge in [-0.2, -0.15) is 8.78 Å². The van der Waals surface area contributed by atoms with E-state index in [1.54, 1.807) is 29.2 Å². The normalized spacial score (nSPS) is 21.0. The van der Waals surface area contributed by atoms with Gasteiger partial charge in [0.25, 0.3) is 5.91 Å². The molecular formula is C26H28Cl2F2N2O4. The van der Waals surface area contributed by atoms with Gasteiger partial charge in [-0.25, -0.2) is 0 Å². The largest absolute Gasteiger partial charge is 0.481 e. The summed E-state index contributed by atoms with van der Waals surface area (Å²) in [5, 5.41) is 9.82. The van der Waals surface area contributed by atoms with Gasteiger partial charge in [0, 0.05) is 60.2 Å². The third-order valence-electron chi connectivity index (χ3n) is 7.13. The summed E-state index contributed by atoms with van der Waals surface area (Å²) in [6.45, 7) is -0.0894. The number of carboxylic acid groups (broad SMARTS) is 1. The first-order chi connectivity index (χ1) is 17.0. The summed E-state index contributed by atoms with van der Waals surface area (Å²) >= 11 is 13.4. The third kappa shape index (κ3) is 5.54. The minimum absolute atomic E-state index is 0.0716. The van der Waals surface area contributed by atoms with Crippen molar-refractivity contribution in [3.8, 4) is 5.75 Å². The molecule has 0 bridgehead atoms. The molecule has 1 amide bonds. The molecule has 6 nitrogen and oxygen atoms in total. The highest BCUT2D eigenvalue weighted by Crippen LogP contribution is 2.38. The van der Waals surface area contributed by atoms with Crippen molar-refractivity contribution in [3.63, 3.8) is 0 Å². The van der Waals surface area contributed by atoms with Crippen LogP contribution in [0.25, 0.3) is 10.9 Å². The number of aromatic nitrogens is 1. The predicted octanol–water partition coefficient (Wildman–Crippen LogP) is 5.63. The zero-order valence-electron chi connectivity index (χ0n) is 20.0. The molecule has 1 saturated heterocycles.